The van der Waals surface area contributed by atoms with Crippen LogP contribution in [0.25, 0.3) is 33.1 Å². The zero-order valence-corrected chi connectivity index (χ0v) is 22.5. The zero-order valence-electron chi connectivity index (χ0n) is 19.3. The SMILES string of the molecule is COc1ccc(Cn2c3nc4ccccc4nc3c3cc(Br)cc(Br)c32)cc1OCCC(C)C. The van der Waals surface area contributed by atoms with E-state index < -0.39 is 0 Å². The Hall–Kier alpha value is -2.64. The van der Waals surface area contributed by atoms with E-state index in [1.54, 1.807) is 7.11 Å². The van der Waals surface area contributed by atoms with Crippen LogP contribution < -0.4 is 9.47 Å². The maximum Gasteiger partial charge on any atom is 0.161 e. The molecule has 174 valence electrons. The van der Waals surface area contributed by atoms with Crippen LogP contribution in [0, 0.1) is 5.92 Å². The van der Waals surface area contributed by atoms with Crippen molar-refractivity contribution in [2.75, 3.05) is 13.7 Å². The minimum atomic E-state index is 0.580. The van der Waals surface area contributed by atoms with Gasteiger partial charge in [-0.1, -0.05) is 48.0 Å². The fourth-order valence-electron chi connectivity index (χ4n) is 4.16. The first-order chi connectivity index (χ1) is 16.4. The summed E-state index contributed by atoms with van der Waals surface area (Å²) in [6, 6.07) is 18.3. The summed E-state index contributed by atoms with van der Waals surface area (Å²) >= 11 is 7.42. The fourth-order valence-corrected chi connectivity index (χ4v) is 5.60. The van der Waals surface area contributed by atoms with Gasteiger partial charge in [-0.15, -0.1) is 0 Å². The van der Waals surface area contributed by atoms with E-state index in [0.717, 1.165) is 65.5 Å². The van der Waals surface area contributed by atoms with Gasteiger partial charge in [0.25, 0.3) is 0 Å². The standard InChI is InChI=1S/C27H25Br2N3O2/c1-16(2)10-11-34-24-12-17(8-9-23(24)33-3)15-32-26-19(13-18(28)14-20(26)29)25-27(32)31-22-7-5-4-6-21(22)30-25/h4-9,12-14,16H,10-11,15H2,1-3H3. The van der Waals surface area contributed by atoms with Gasteiger partial charge < -0.3 is 14.0 Å². The second kappa shape index (κ2) is 9.55. The third kappa shape index (κ3) is 4.39. The smallest absolute Gasteiger partial charge is 0.161 e. The summed E-state index contributed by atoms with van der Waals surface area (Å²) < 4.78 is 15.8. The molecule has 0 saturated heterocycles. The average Bonchev–Trinajstić information content (AvgIpc) is 3.10. The van der Waals surface area contributed by atoms with Crippen molar-refractivity contribution < 1.29 is 9.47 Å². The maximum absolute atomic E-state index is 6.09. The molecule has 5 rings (SSSR count). The molecule has 5 aromatic rings. The lowest BCUT2D eigenvalue weighted by Gasteiger charge is -2.14. The summed E-state index contributed by atoms with van der Waals surface area (Å²) in [5.74, 6) is 2.09. The topological polar surface area (TPSA) is 49.2 Å². The monoisotopic (exact) mass is 581 g/mol. The lowest BCUT2D eigenvalue weighted by atomic mass is 10.1. The normalized spacial score (nSPS) is 11.7. The first-order valence-electron chi connectivity index (χ1n) is 11.3. The van der Waals surface area contributed by atoms with Crippen LogP contribution in [0.2, 0.25) is 0 Å². The molecule has 0 aliphatic heterocycles. The molecule has 0 N–H and O–H groups in total. The molecule has 0 fully saturated rings. The summed E-state index contributed by atoms with van der Waals surface area (Å²) in [7, 11) is 1.67. The fraction of sp³-hybridized carbons (Fsp3) is 0.259. The minimum absolute atomic E-state index is 0.580. The molecule has 0 unspecified atom stereocenters. The first kappa shape index (κ1) is 23.1. The molecule has 0 atom stereocenters. The molecule has 0 aliphatic carbocycles. The second-order valence-corrected chi connectivity index (χ2v) is 10.5. The molecule has 5 nitrogen and oxygen atoms in total. The van der Waals surface area contributed by atoms with Crippen molar-refractivity contribution in [3.8, 4) is 11.5 Å². The van der Waals surface area contributed by atoms with Gasteiger partial charge in [0.15, 0.2) is 17.1 Å². The Kier molecular flexibility index (Phi) is 6.49. The van der Waals surface area contributed by atoms with Crippen LogP contribution in [0.4, 0.5) is 0 Å². The Labute approximate surface area is 215 Å². The quantitative estimate of drug-likeness (QED) is 0.197. The van der Waals surface area contributed by atoms with Crippen molar-refractivity contribution in [1.29, 1.82) is 0 Å². The molecular formula is C27H25Br2N3O2. The molecular weight excluding hydrogens is 558 g/mol. The second-order valence-electron chi connectivity index (χ2n) is 8.77. The minimum Gasteiger partial charge on any atom is -0.493 e. The van der Waals surface area contributed by atoms with Gasteiger partial charge in [0.2, 0.25) is 0 Å². The van der Waals surface area contributed by atoms with Gasteiger partial charge >= 0.3 is 0 Å². The molecule has 0 amide bonds. The van der Waals surface area contributed by atoms with E-state index in [1.807, 2.05) is 30.3 Å². The Bertz CT molecular complexity index is 1510. The molecule has 3 aromatic carbocycles. The van der Waals surface area contributed by atoms with Crippen molar-refractivity contribution >= 4 is 65.0 Å². The highest BCUT2D eigenvalue weighted by molar-refractivity contribution is 9.11. The Morgan fingerprint density at radius 3 is 2.44 bits per heavy atom. The number of para-hydroxylation sites is 2. The van der Waals surface area contributed by atoms with Crippen LogP contribution in [-0.4, -0.2) is 28.3 Å². The summed E-state index contributed by atoms with van der Waals surface area (Å²) in [4.78, 5) is 10.00. The maximum atomic E-state index is 6.09. The average molecular weight is 583 g/mol. The van der Waals surface area contributed by atoms with Crippen LogP contribution in [0.15, 0.2) is 63.5 Å². The number of hydrogen-bond donors (Lipinski definition) is 0. The third-order valence-corrected chi connectivity index (χ3v) is 6.94. The van der Waals surface area contributed by atoms with Gasteiger partial charge in [-0.05, 0) is 70.2 Å². The van der Waals surface area contributed by atoms with Gasteiger partial charge in [-0.2, -0.15) is 0 Å². The van der Waals surface area contributed by atoms with E-state index in [1.165, 1.54) is 0 Å². The van der Waals surface area contributed by atoms with E-state index in [2.05, 4.69) is 74.5 Å². The van der Waals surface area contributed by atoms with Crippen molar-refractivity contribution in [2.45, 2.75) is 26.8 Å². The van der Waals surface area contributed by atoms with Crippen LogP contribution in [0.5, 0.6) is 11.5 Å². The van der Waals surface area contributed by atoms with Crippen LogP contribution >= 0.6 is 31.9 Å². The van der Waals surface area contributed by atoms with E-state index in [0.29, 0.717) is 19.1 Å². The number of nitrogens with zero attached hydrogens (tertiary/aromatic N) is 3. The zero-order chi connectivity index (χ0) is 23.8. The lowest BCUT2D eigenvalue weighted by Crippen LogP contribution is -2.05. The summed E-state index contributed by atoms with van der Waals surface area (Å²) in [6.07, 6.45) is 0.991. The Balaban J connectivity index is 1.65. The predicted octanol–water partition coefficient (Wildman–Crippen LogP) is 7.74. The number of aromatic nitrogens is 3. The van der Waals surface area contributed by atoms with E-state index in [4.69, 9.17) is 19.4 Å². The molecule has 34 heavy (non-hydrogen) atoms. The molecule has 0 spiro atoms. The number of hydrogen-bond acceptors (Lipinski definition) is 4. The van der Waals surface area contributed by atoms with Gasteiger partial charge in [0, 0.05) is 20.9 Å². The van der Waals surface area contributed by atoms with Crippen molar-refractivity contribution in [3.05, 3.63) is 69.1 Å². The molecule has 0 radical (unpaired) electrons. The number of halogens is 2. The van der Waals surface area contributed by atoms with Gasteiger partial charge in [-0.3, -0.25) is 0 Å². The summed E-state index contributed by atoms with van der Waals surface area (Å²) in [5.41, 5.74) is 5.66. The first-order valence-corrected chi connectivity index (χ1v) is 12.9. The number of ether oxygens (including phenoxy) is 2. The molecule has 0 bridgehead atoms. The third-order valence-electron chi connectivity index (χ3n) is 5.88. The Morgan fingerprint density at radius 2 is 1.71 bits per heavy atom. The highest BCUT2D eigenvalue weighted by Gasteiger charge is 2.18. The number of fused-ring (bicyclic) bond motifs is 4. The van der Waals surface area contributed by atoms with Crippen molar-refractivity contribution in [1.82, 2.24) is 14.5 Å². The van der Waals surface area contributed by atoms with Crippen LogP contribution in [0.1, 0.15) is 25.8 Å². The molecule has 0 aliphatic rings. The number of rotatable bonds is 7. The highest BCUT2D eigenvalue weighted by Crippen LogP contribution is 2.37. The molecule has 2 aromatic heterocycles. The molecule has 0 saturated carbocycles. The van der Waals surface area contributed by atoms with E-state index in [-0.39, 0.29) is 0 Å². The van der Waals surface area contributed by atoms with Crippen molar-refractivity contribution in [2.24, 2.45) is 5.92 Å². The summed E-state index contributed by atoms with van der Waals surface area (Å²) in [5, 5.41) is 1.05. The van der Waals surface area contributed by atoms with Crippen LogP contribution in [0.3, 0.4) is 0 Å². The molecule has 2 heterocycles. The van der Waals surface area contributed by atoms with Crippen molar-refractivity contribution in [3.63, 3.8) is 0 Å². The summed E-state index contributed by atoms with van der Waals surface area (Å²) in [6.45, 7) is 5.67. The highest BCUT2D eigenvalue weighted by atomic mass is 79.9. The number of benzene rings is 3. The number of methoxy groups -OCH3 is 1. The van der Waals surface area contributed by atoms with Gasteiger partial charge in [0.05, 0.1) is 30.3 Å². The largest absolute Gasteiger partial charge is 0.493 e. The predicted molar refractivity (Wildman–Crippen MR) is 145 cm³/mol. The lowest BCUT2D eigenvalue weighted by molar-refractivity contribution is 0.272. The van der Waals surface area contributed by atoms with E-state index in [9.17, 15) is 0 Å². The van der Waals surface area contributed by atoms with E-state index >= 15 is 0 Å². The van der Waals surface area contributed by atoms with Gasteiger partial charge in [0.1, 0.15) is 5.52 Å². The Morgan fingerprint density at radius 1 is 0.941 bits per heavy atom. The van der Waals surface area contributed by atoms with Gasteiger partial charge in [-0.25, -0.2) is 9.97 Å². The van der Waals surface area contributed by atoms with Crippen LogP contribution in [-0.2, 0) is 6.54 Å². The molecule has 7 heteroatoms.